The van der Waals surface area contributed by atoms with Gasteiger partial charge < -0.3 is 19.5 Å². The Hall–Kier alpha value is -3.02. The van der Waals surface area contributed by atoms with Gasteiger partial charge in [-0.15, -0.1) is 0 Å². The Kier molecular flexibility index (Phi) is 3.77. The lowest BCUT2D eigenvalue weighted by atomic mass is 10.1. The minimum Gasteiger partial charge on any atom is -0.456 e. The molecule has 6 nitrogen and oxygen atoms in total. The van der Waals surface area contributed by atoms with Crippen LogP contribution in [0.25, 0.3) is 21.9 Å². The first kappa shape index (κ1) is 16.2. The molecule has 2 fully saturated rings. The zero-order valence-electron chi connectivity index (χ0n) is 15.0. The summed E-state index contributed by atoms with van der Waals surface area (Å²) in [5, 5.41) is 5.06. The Labute approximate surface area is 156 Å². The number of rotatable bonds is 2. The van der Waals surface area contributed by atoms with Gasteiger partial charge in [0.1, 0.15) is 11.2 Å². The van der Waals surface area contributed by atoms with Crippen LogP contribution >= 0.6 is 0 Å². The third kappa shape index (κ3) is 3.01. The lowest BCUT2D eigenvalue weighted by molar-refractivity contribution is -0.133. The summed E-state index contributed by atoms with van der Waals surface area (Å²) in [6, 6.07) is 13.5. The highest BCUT2D eigenvalue weighted by atomic mass is 16.3. The molecule has 2 heterocycles. The molecule has 0 atom stereocenters. The van der Waals surface area contributed by atoms with Crippen molar-refractivity contribution in [2.45, 2.75) is 12.8 Å². The molecule has 1 aromatic heterocycles. The summed E-state index contributed by atoms with van der Waals surface area (Å²) in [4.78, 5) is 28.4. The number of carbonyl (C=O) groups excluding carboxylic acids is 2. The van der Waals surface area contributed by atoms with Crippen molar-refractivity contribution in [1.82, 2.24) is 9.80 Å². The molecular weight excluding hydrogens is 342 g/mol. The van der Waals surface area contributed by atoms with Crippen LogP contribution in [0.3, 0.4) is 0 Å². The molecule has 0 radical (unpaired) electrons. The first-order valence-electron chi connectivity index (χ1n) is 9.45. The average Bonchev–Trinajstić information content (AvgIpc) is 3.48. The number of nitrogens with one attached hydrogen (secondary N) is 1. The molecule has 1 N–H and O–H groups in total. The molecule has 138 valence electrons. The van der Waals surface area contributed by atoms with E-state index in [0.29, 0.717) is 31.9 Å². The van der Waals surface area contributed by atoms with E-state index in [1.807, 2.05) is 47.4 Å². The molecular formula is C21H21N3O3. The maximum absolute atomic E-state index is 12.6. The smallest absolute Gasteiger partial charge is 0.321 e. The van der Waals surface area contributed by atoms with Crippen LogP contribution in [0.5, 0.6) is 0 Å². The van der Waals surface area contributed by atoms with E-state index in [0.717, 1.165) is 34.8 Å². The van der Waals surface area contributed by atoms with Gasteiger partial charge in [-0.1, -0.05) is 18.2 Å². The summed E-state index contributed by atoms with van der Waals surface area (Å²) >= 11 is 0. The van der Waals surface area contributed by atoms with Gasteiger partial charge in [0.05, 0.1) is 0 Å². The second kappa shape index (κ2) is 6.30. The van der Waals surface area contributed by atoms with E-state index in [2.05, 4.69) is 5.32 Å². The van der Waals surface area contributed by atoms with E-state index >= 15 is 0 Å². The third-order valence-corrected chi connectivity index (χ3v) is 5.44. The fraction of sp³-hybridized carbons (Fsp3) is 0.333. The second-order valence-corrected chi connectivity index (χ2v) is 7.33. The van der Waals surface area contributed by atoms with Gasteiger partial charge in [0.25, 0.3) is 0 Å². The quantitative estimate of drug-likeness (QED) is 0.755. The molecule has 27 heavy (non-hydrogen) atoms. The summed E-state index contributed by atoms with van der Waals surface area (Å²) < 4.78 is 5.88. The SMILES string of the molecule is O=C(Nc1ccc2c(c1)oc1ccccc12)N1CCN(C(=O)C2CC2)CC1. The molecule has 1 saturated carbocycles. The highest BCUT2D eigenvalue weighted by Gasteiger charge is 2.35. The Balaban J connectivity index is 1.26. The number of nitrogens with zero attached hydrogens (tertiary/aromatic N) is 2. The van der Waals surface area contributed by atoms with Gasteiger partial charge in [-0.3, -0.25) is 4.79 Å². The average molecular weight is 363 g/mol. The monoisotopic (exact) mass is 363 g/mol. The number of fused-ring (bicyclic) bond motifs is 3. The van der Waals surface area contributed by atoms with Crippen molar-refractivity contribution in [2.75, 3.05) is 31.5 Å². The topological polar surface area (TPSA) is 65.8 Å². The van der Waals surface area contributed by atoms with Crippen LogP contribution in [0.1, 0.15) is 12.8 Å². The minimum atomic E-state index is -0.135. The van der Waals surface area contributed by atoms with Crippen molar-refractivity contribution in [3.8, 4) is 0 Å². The van der Waals surface area contributed by atoms with E-state index in [-0.39, 0.29) is 17.9 Å². The number of furan rings is 1. The van der Waals surface area contributed by atoms with E-state index in [1.165, 1.54) is 0 Å². The molecule has 2 aliphatic rings. The van der Waals surface area contributed by atoms with Crippen molar-refractivity contribution in [1.29, 1.82) is 0 Å². The maximum Gasteiger partial charge on any atom is 0.321 e. The number of hydrogen-bond acceptors (Lipinski definition) is 3. The fourth-order valence-corrected chi connectivity index (χ4v) is 3.72. The second-order valence-electron chi connectivity index (χ2n) is 7.33. The summed E-state index contributed by atoms with van der Waals surface area (Å²) in [6.45, 7) is 2.37. The normalized spacial score (nSPS) is 17.5. The number of urea groups is 1. The van der Waals surface area contributed by atoms with Crippen LogP contribution in [0, 0.1) is 5.92 Å². The number of benzene rings is 2. The summed E-state index contributed by atoms with van der Waals surface area (Å²) in [5.74, 6) is 0.492. The zero-order chi connectivity index (χ0) is 18.4. The number of hydrogen-bond donors (Lipinski definition) is 1. The zero-order valence-corrected chi connectivity index (χ0v) is 15.0. The Bertz CT molecular complexity index is 1030. The predicted octanol–water partition coefficient (Wildman–Crippen LogP) is 3.67. The van der Waals surface area contributed by atoms with Gasteiger partial charge in [-0.2, -0.15) is 0 Å². The Morgan fingerprint density at radius 1 is 0.889 bits per heavy atom. The maximum atomic E-state index is 12.6. The van der Waals surface area contributed by atoms with Crippen molar-refractivity contribution >= 4 is 39.6 Å². The molecule has 6 heteroatoms. The van der Waals surface area contributed by atoms with Crippen molar-refractivity contribution in [2.24, 2.45) is 5.92 Å². The highest BCUT2D eigenvalue weighted by molar-refractivity contribution is 6.06. The molecule has 3 amide bonds. The molecule has 5 rings (SSSR count). The molecule has 0 spiro atoms. The number of carbonyl (C=O) groups is 2. The predicted molar refractivity (Wildman–Crippen MR) is 104 cm³/mol. The van der Waals surface area contributed by atoms with Gasteiger partial charge in [0, 0.05) is 54.6 Å². The molecule has 1 aliphatic heterocycles. The van der Waals surface area contributed by atoms with Crippen molar-refractivity contribution in [3.63, 3.8) is 0 Å². The van der Waals surface area contributed by atoms with Crippen LogP contribution in [0.4, 0.5) is 10.5 Å². The first-order chi connectivity index (χ1) is 13.2. The van der Waals surface area contributed by atoms with Crippen LogP contribution in [0.15, 0.2) is 46.9 Å². The molecule has 0 unspecified atom stereocenters. The van der Waals surface area contributed by atoms with Crippen LogP contribution in [-0.2, 0) is 4.79 Å². The highest BCUT2D eigenvalue weighted by Crippen LogP contribution is 2.32. The first-order valence-corrected chi connectivity index (χ1v) is 9.45. The summed E-state index contributed by atoms with van der Waals surface area (Å²) in [7, 11) is 0. The molecule has 1 aliphatic carbocycles. The lowest BCUT2D eigenvalue weighted by Gasteiger charge is -2.34. The van der Waals surface area contributed by atoms with Gasteiger partial charge in [0.15, 0.2) is 0 Å². The van der Waals surface area contributed by atoms with Crippen molar-refractivity contribution < 1.29 is 14.0 Å². The standard InChI is InChI=1S/C21H21N3O3/c25-20(14-5-6-14)23-9-11-24(12-10-23)21(26)22-15-7-8-17-16-3-1-2-4-18(16)27-19(17)13-15/h1-4,7-8,13-14H,5-6,9-12H2,(H,22,26). The van der Waals surface area contributed by atoms with Crippen LogP contribution in [0.2, 0.25) is 0 Å². The van der Waals surface area contributed by atoms with Crippen LogP contribution in [-0.4, -0.2) is 47.9 Å². The van der Waals surface area contributed by atoms with E-state index in [4.69, 9.17) is 4.42 Å². The fourth-order valence-electron chi connectivity index (χ4n) is 3.72. The lowest BCUT2D eigenvalue weighted by Crippen LogP contribution is -2.52. The van der Waals surface area contributed by atoms with Crippen LogP contribution < -0.4 is 5.32 Å². The Morgan fingerprint density at radius 3 is 2.37 bits per heavy atom. The van der Waals surface area contributed by atoms with Gasteiger partial charge in [0.2, 0.25) is 5.91 Å². The van der Waals surface area contributed by atoms with Gasteiger partial charge in [-0.25, -0.2) is 4.79 Å². The number of para-hydroxylation sites is 1. The molecule has 1 saturated heterocycles. The van der Waals surface area contributed by atoms with Gasteiger partial charge >= 0.3 is 6.03 Å². The minimum absolute atomic E-state index is 0.135. The third-order valence-electron chi connectivity index (χ3n) is 5.44. The molecule has 2 aromatic carbocycles. The summed E-state index contributed by atoms with van der Waals surface area (Å²) in [5.41, 5.74) is 2.31. The Morgan fingerprint density at radius 2 is 1.59 bits per heavy atom. The van der Waals surface area contributed by atoms with Gasteiger partial charge in [-0.05, 0) is 31.0 Å². The van der Waals surface area contributed by atoms with E-state index in [1.54, 1.807) is 4.90 Å². The largest absolute Gasteiger partial charge is 0.456 e. The number of piperazine rings is 1. The number of amides is 3. The molecule has 0 bridgehead atoms. The summed E-state index contributed by atoms with van der Waals surface area (Å²) in [6.07, 6.45) is 2.04. The molecule has 3 aromatic rings. The number of anilines is 1. The van der Waals surface area contributed by atoms with Crippen molar-refractivity contribution in [3.05, 3.63) is 42.5 Å². The van der Waals surface area contributed by atoms with E-state index in [9.17, 15) is 9.59 Å². The van der Waals surface area contributed by atoms with E-state index < -0.39 is 0 Å².